The van der Waals surface area contributed by atoms with Crippen molar-refractivity contribution in [3.05, 3.63) is 0 Å². The first kappa shape index (κ1) is 14.4. The zero-order valence-corrected chi connectivity index (χ0v) is 11.7. The van der Waals surface area contributed by atoms with Gasteiger partial charge in [-0.2, -0.15) is 0 Å². The van der Waals surface area contributed by atoms with E-state index in [0.717, 1.165) is 25.7 Å². The predicted molar refractivity (Wildman–Crippen MR) is 74.6 cm³/mol. The minimum absolute atomic E-state index is 0.00694. The van der Waals surface area contributed by atoms with Gasteiger partial charge in [-0.05, 0) is 25.7 Å². The molecule has 2 fully saturated rings. The first-order valence-electron chi connectivity index (χ1n) is 7.83. The van der Waals surface area contributed by atoms with Gasteiger partial charge in [-0.15, -0.1) is 0 Å². The Labute approximate surface area is 115 Å². The topological polar surface area (TPSA) is 58.2 Å². The van der Waals surface area contributed by atoms with Crippen LogP contribution in [0.25, 0.3) is 0 Å². The zero-order valence-electron chi connectivity index (χ0n) is 11.7. The van der Waals surface area contributed by atoms with Gasteiger partial charge < -0.3 is 10.6 Å². The molecule has 2 N–H and O–H groups in total. The van der Waals surface area contributed by atoms with Crippen molar-refractivity contribution in [2.45, 2.75) is 82.7 Å². The van der Waals surface area contributed by atoms with Crippen LogP contribution in [0.3, 0.4) is 0 Å². The fourth-order valence-electron chi connectivity index (χ4n) is 3.20. The summed E-state index contributed by atoms with van der Waals surface area (Å²) >= 11 is 0. The van der Waals surface area contributed by atoms with Gasteiger partial charge in [-0.1, -0.05) is 38.5 Å². The van der Waals surface area contributed by atoms with Crippen molar-refractivity contribution in [1.29, 1.82) is 0 Å². The van der Waals surface area contributed by atoms with Crippen molar-refractivity contribution in [3.8, 4) is 0 Å². The number of hydrogen-bond donors (Lipinski definition) is 2. The van der Waals surface area contributed by atoms with E-state index in [1.54, 1.807) is 0 Å². The molecule has 0 spiro atoms. The molecule has 19 heavy (non-hydrogen) atoms. The molecule has 0 radical (unpaired) electrons. The van der Waals surface area contributed by atoms with Crippen molar-refractivity contribution in [1.82, 2.24) is 10.6 Å². The summed E-state index contributed by atoms with van der Waals surface area (Å²) in [6, 6.07) is 0.590. The summed E-state index contributed by atoms with van der Waals surface area (Å²) in [5, 5.41) is 5.97. The summed E-state index contributed by atoms with van der Waals surface area (Å²) in [6.45, 7) is 0. The van der Waals surface area contributed by atoms with Gasteiger partial charge in [0.2, 0.25) is 11.8 Å². The van der Waals surface area contributed by atoms with Gasteiger partial charge in [0.1, 0.15) is 6.42 Å². The van der Waals surface area contributed by atoms with Gasteiger partial charge in [0.05, 0.1) is 0 Å². The first-order valence-corrected chi connectivity index (χ1v) is 7.83. The minimum Gasteiger partial charge on any atom is -0.353 e. The SMILES string of the molecule is O=C(CC(=O)NC1CCCC1)NC1CCCCCC1. The van der Waals surface area contributed by atoms with Crippen molar-refractivity contribution in [3.63, 3.8) is 0 Å². The number of carbonyl (C=O) groups is 2. The van der Waals surface area contributed by atoms with Crippen LogP contribution in [-0.4, -0.2) is 23.9 Å². The smallest absolute Gasteiger partial charge is 0.229 e. The number of carbonyl (C=O) groups excluding carboxylic acids is 2. The lowest BCUT2D eigenvalue weighted by Crippen LogP contribution is -2.40. The van der Waals surface area contributed by atoms with E-state index in [1.165, 1.54) is 38.5 Å². The fourth-order valence-corrected chi connectivity index (χ4v) is 3.20. The predicted octanol–water partition coefficient (Wildman–Crippen LogP) is 2.27. The second-order valence-electron chi connectivity index (χ2n) is 5.98. The molecule has 2 saturated carbocycles. The number of rotatable bonds is 4. The highest BCUT2D eigenvalue weighted by Crippen LogP contribution is 2.18. The first-order chi connectivity index (χ1) is 9.24. The molecule has 0 aromatic carbocycles. The van der Waals surface area contributed by atoms with Crippen molar-refractivity contribution in [2.24, 2.45) is 0 Å². The highest BCUT2D eigenvalue weighted by atomic mass is 16.2. The van der Waals surface area contributed by atoms with Gasteiger partial charge in [0.25, 0.3) is 0 Å². The Morgan fingerprint density at radius 2 is 1.05 bits per heavy atom. The molecular weight excluding hydrogens is 240 g/mol. The summed E-state index contributed by atoms with van der Waals surface area (Å²) in [6.07, 6.45) is 11.6. The Hall–Kier alpha value is -1.06. The van der Waals surface area contributed by atoms with Crippen LogP contribution in [-0.2, 0) is 9.59 Å². The Morgan fingerprint density at radius 3 is 1.47 bits per heavy atom. The lowest BCUT2D eigenvalue weighted by atomic mass is 10.1. The van der Waals surface area contributed by atoms with Crippen LogP contribution in [0.15, 0.2) is 0 Å². The lowest BCUT2D eigenvalue weighted by Gasteiger charge is -2.17. The van der Waals surface area contributed by atoms with E-state index in [0.29, 0.717) is 6.04 Å². The van der Waals surface area contributed by atoms with Gasteiger partial charge in [-0.3, -0.25) is 9.59 Å². The fraction of sp³-hybridized carbons (Fsp3) is 0.867. The van der Waals surface area contributed by atoms with E-state index in [-0.39, 0.29) is 24.3 Å². The highest BCUT2D eigenvalue weighted by Gasteiger charge is 2.20. The highest BCUT2D eigenvalue weighted by molar-refractivity contribution is 5.97. The second kappa shape index (κ2) is 7.51. The van der Waals surface area contributed by atoms with E-state index >= 15 is 0 Å². The molecule has 2 aliphatic carbocycles. The maximum atomic E-state index is 11.8. The monoisotopic (exact) mass is 266 g/mol. The molecule has 2 aliphatic rings. The van der Waals surface area contributed by atoms with Crippen molar-refractivity contribution >= 4 is 11.8 Å². The molecule has 0 aromatic rings. The van der Waals surface area contributed by atoms with E-state index < -0.39 is 0 Å². The van der Waals surface area contributed by atoms with Crippen LogP contribution < -0.4 is 10.6 Å². The van der Waals surface area contributed by atoms with Crippen molar-refractivity contribution in [2.75, 3.05) is 0 Å². The summed E-state index contributed by atoms with van der Waals surface area (Å²) in [5.74, 6) is -0.222. The Morgan fingerprint density at radius 1 is 0.684 bits per heavy atom. The molecule has 0 atom stereocenters. The van der Waals surface area contributed by atoms with Crippen LogP contribution in [0.5, 0.6) is 0 Å². The Kier molecular flexibility index (Phi) is 5.67. The number of hydrogen-bond acceptors (Lipinski definition) is 2. The molecule has 4 nitrogen and oxygen atoms in total. The molecule has 0 aromatic heterocycles. The Bertz CT molecular complexity index is 303. The number of nitrogens with one attached hydrogen (secondary N) is 2. The van der Waals surface area contributed by atoms with E-state index in [2.05, 4.69) is 10.6 Å². The van der Waals surface area contributed by atoms with Crippen LogP contribution >= 0.6 is 0 Å². The van der Waals surface area contributed by atoms with Gasteiger partial charge in [0, 0.05) is 12.1 Å². The molecule has 4 heteroatoms. The lowest BCUT2D eigenvalue weighted by molar-refractivity contribution is -0.130. The minimum atomic E-state index is -0.113. The molecule has 0 saturated heterocycles. The van der Waals surface area contributed by atoms with Gasteiger partial charge in [0.15, 0.2) is 0 Å². The molecular formula is C15H26N2O2. The average Bonchev–Trinajstić information content (AvgIpc) is 2.72. The van der Waals surface area contributed by atoms with Crippen LogP contribution in [0, 0.1) is 0 Å². The van der Waals surface area contributed by atoms with E-state index in [1.807, 2.05) is 0 Å². The maximum Gasteiger partial charge on any atom is 0.229 e. The van der Waals surface area contributed by atoms with Crippen LogP contribution in [0.2, 0.25) is 0 Å². The van der Waals surface area contributed by atoms with E-state index in [4.69, 9.17) is 0 Å². The van der Waals surface area contributed by atoms with Crippen LogP contribution in [0.1, 0.15) is 70.6 Å². The summed E-state index contributed by atoms with van der Waals surface area (Å²) in [7, 11) is 0. The zero-order chi connectivity index (χ0) is 13.5. The molecule has 0 unspecified atom stereocenters. The van der Waals surface area contributed by atoms with Gasteiger partial charge in [-0.25, -0.2) is 0 Å². The quantitative estimate of drug-likeness (QED) is 0.606. The molecule has 108 valence electrons. The number of amides is 2. The molecule has 0 bridgehead atoms. The molecule has 0 heterocycles. The molecule has 2 rings (SSSR count). The third kappa shape index (κ3) is 5.21. The summed E-state index contributed by atoms with van der Waals surface area (Å²) < 4.78 is 0. The van der Waals surface area contributed by atoms with Gasteiger partial charge >= 0.3 is 0 Å². The maximum absolute atomic E-state index is 11.8. The standard InChI is InChI=1S/C15H26N2O2/c18-14(16-12-7-3-1-2-4-8-12)11-15(19)17-13-9-5-6-10-13/h12-13H,1-11H2,(H,16,18)(H,17,19). The molecule has 2 amide bonds. The average molecular weight is 266 g/mol. The largest absolute Gasteiger partial charge is 0.353 e. The Balaban J connectivity index is 1.66. The molecule has 0 aliphatic heterocycles. The third-order valence-corrected chi connectivity index (χ3v) is 4.26. The third-order valence-electron chi connectivity index (χ3n) is 4.26. The van der Waals surface area contributed by atoms with E-state index in [9.17, 15) is 9.59 Å². The summed E-state index contributed by atoms with van der Waals surface area (Å²) in [5.41, 5.74) is 0. The normalized spacial score (nSPS) is 21.9. The summed E-state index contributed by atoms with van der Waals surface area (Å²) in [4.78, 5) is 23.6. The second-order valence-corrected chi connectivity index (χ2v) is 5.98. The van der Waals surface area contributed by atoms with Crippen LogP contribution in [0.4, 0.5) is 0 Å². The van der Waals surface area contributed by atoms with Crippen molar-refractivity contribution < 1.29 is 9.59 Å².